The second-order valence-corrected chi connectivity index (χ2v) is 4.89. The average Bonchev–Trinajstić information content (AvgIpc) is 3.10. The Morgan fingerprint density at radius 3 is 2.33 bits per heavy atom. The third-order valence-corrected chi connectivity index (χ3v) is 3.20. The van der Waals surface area contributed by atoms with E-state index in [2.05, 4.69) is 24.9 Å². The molecule has 0 amide bonds. The van der Waals surface area contributed by atoms with Gasteiger partial charge in [0.25, 0.3) is 0 Å². The van der Waals surface area contributed by atoms with E-state index in [0.717, 1.165) is 11.4 Å². The molecule has 0 N–H and O–H groups in total. The van der Waals surface area contributed by atoms with Crippen LogP contribution in [0.25, 0.3) is 11.9 Å². The molecule has 8 heteroatoms. The molecule has 3 rings (SSSR count). The van der Waals surface area contributed by atoms with Gasteiger partial charge in [0, 0.05) is 32.2 Å². The minimum atomic E-state index is 0.520. The van der Waals surface area contributed by atoms with E-state index in [-0.39, 0.29) is 0 Å². The van der Waals surface area contributed by atoms with Crippen molar-refractivity contribution in [3.8, 4) is 11.9 Å². The van der Waals surface area contributed by atoms with E-state index < -0.39 is 0 Å². The molecular weight excluding hydrogens is 268 g/mol. The molecule has 0 saturated carbocycles. The number of hydrogen-bond acceptors (Lipinski definition) is 6. The number of anilines is 1. The lowest BCUT2D eigenvalue weighted by Gasteiger charge is -2.13. The molecule has 3 aromatic heterocycles. The molecule has 108 valence electrons. The number of rotatable bonds is 3. The molecule has 0 aliphatic heterocycles. The zero-order valence-corrected chi connectivity index (χ0v) is 12.4. The van der Waals surface area contributed by atoms with Crippen LogP contribution in [0.5, 0.6) is 0 Å². The van der Waals surface area contributed by atoms with Gasteiger partial charge in [0.2, 0.25) is 17.8 Å². The fraction of sp³-hybridized carbons (Fsp3) is 0.308. The molecule has 0 unspecified atom stereocenters. The summed E-state index contributed by atoms with van der Waals surface area (Å²) in [6.07, 6.45) is 6.86. The predicted molar refractivity (Wildman–Crippen MR) is 77.9 cm³/mol. The molecule has 0 saturated heterocycles. The third kappa shape index (κ3) is 2.35. The van der Waals surface area contributed by atoms with E-state index in [1.54, 1.807) is 29.6 Å². The molecule has 0 atom stereocenters. The van der Waals surface area contributed by atoms with Crippen molar-refractivity contribution >= 4 is 5.95 Å². The van der Waals surface area contributed by atoms with Crippen LogP contribution in [0.1, 0.15) is 11.4 Å². The van der Waals surface area contributed by atoms with Gasteiger partial charge in [-0.1, -0.05) is 0 Å². The topological polar surface area (TPSA) is 77.5 Å². The Balaban J connectivity index is 2.18. The number of hydrogen-bond donors (Lipinski definition) is 0. The van der Waals surface area contributed by atoms with Gasteiger partial charge in [0.05, 0.1) is 5.69 Å². The first-order chi connectivity index (χ1) is 10.1. The fourth-order valence-electron chi connectivity index (χ4n) is 1.84. The van der Waals surface area contributed by atoms with Crippen LogP contribution in [-0.2, 0) is 0 Å². The Hall–Kier alpha value is -2.77. The van der Waals surface area contributed by atoms with E-state index in [1.807, 2.05) is 37.4 Å². The summed E-state index contributed by atoms with van der Waals surface area (Å²) in [7, 11) is 3.78. The number of aromatic nitrogens is 7. The maximum absolute atomic E-state index is 4.50. The summed E-state index contributed by atoms with van der Waals surface area (Å²) in [6, 6.07) is 0. The van der Waals surface area contributed by atoms with Crippen molar-refractivity contribution in [2.75, 3.05) is 19.0 Å². The number of nitrogens with zero attached hydrogens (tertiary/aromatic N) is 8. The van der Waals surface area contributed by atoms with Gasteiger partial charge in [-0.05, 0) is 13.8 Å². The zero-order valence-electron chi connectivity index (χ0n) is 12.4. The zero-order chi connectivity index (χ0) is 15.0. The Kier molecular flexibility index (Phi) is 3.13. The monoisotopic (exact) mass is 284 g/mol. The maximum atomic E-state index is 4.50. The second kappa shape index (κ2) is 4.97. The van der Waals surface area contributed by atoms with Gasteiger partial charge in [0.15, 0.2) is 0 Å². The van der Waals surface area contributed by atoms with E-state index in [4.69, 9.17) is 0 Å². The second-order valence-electron chi connectivity index (χ2n) is 4.89. The standard InChI is InChI=1S/C13H16N8/c1-9-10(2)21(8-15-9)13-17-11(19(3)4)16-12(18-13)20-6-5-14-7-20/h5-8H,1-4H3. The van der Waals surface area contributed by atoms with E-state index in [1.165, 1.54) is 0 Å². The van der Waals surface area contributed by atoms with Gasteiger partial charge >= 0.3 is 0 Å². The van der Waals surface area contributed by atoms with Crippen LogP contribution in [-0.4, -0.2) is 48.1 Å². The lowest BCUT2D eigenvalue weighted by molar-refractivity contribution is 0.811. The minimum Gasteiger partial charge on any atom is -0.347 e. The molecule has 3 aromatic rings. The summed E-state index contributed by atoms with van der Waals surface area (Å²) in [4.78, 5) is 23.6. The maximum Gasteiger partial charge on any atom is 0.241 e. The summed E-state index contributed by atoms with van der Waals surface area (Å²) >= 11 is 0. The lowest BCUT2D eigenvalue weighted by atomic mass is 10.4. The molecule has 0 radical (unpaired) electrons. The normalized spacial score (nSPS) is 10.9. The van der Waals surface area contributed by atoms with Gasteiger partial charge in [-0.15, -0.1) is 0 Å². The first kappa shape index (κ1) is 13.2. The van der Waals surface area contributed by atoms with Crippen molar-refractivity contribution in [3.63, 3.8) is 0 Å². The Morgan fingerprint density at radius 2 is 1.76 bits per heavy atom. The van der Waals surface area contributed by atoms with Crippen LogP contribution in [0.4, 0.5) is 5.95 Å². The van der Waals surface area contributed by atoms with Crippen molar-refractivity contribution in [3.05, 3.63) is 36.4 Å². The smallest absolute Gasteiger partial charge is 0.241 e. The van der Waals surface area contributed by atoms with Crippen molar-refractivity contribution in [2.45, 2.75) is 13.8 Å². The molecule has 8 nitrogen and oxygen atoms in total. The van der Waals surface area contributed by atoms with E-state index >= 15 is 0 Å². The predicted octanol–water partition coefficient (Wildman–Crippen LogP) is 0.926. The lowest BCUT2D eigenvalue weighted by Crippen LogP contribution is -2.17. The van der Waals surface area contributed by atoms with Crippen molar-refractivity contribution in [1.82, 2.24) is 34.1 Å². The van der Waals surface area contributed by atoms with Crippen molar-refractivity contribution in [1.29, 1.82) is 0 Å². The third-order valence-electron chi connectivity index (χ3n) is 3.20. The van der Waals surface area contributed by atoms with Crippen LogP contribution < -0.4 is 4.90 Å². The quantitative estimate of drug-likeness (QED) is 0.712. The van der Waals surface area contributed by atoms with Crippen molar-refractivity contribution in [2.24, 2.45) is 0 Å². The summed E-state index contributed by atoms with van der Waals surface area (Å²) in [5.74, 6) is 1.64. The molecule has 21 heavy (non-hydrogen) atoms. The summed E-state index contributed by atoms with van der Waals surface area (Å²) in [6.45, 7) is 3.94. The molecule has 0 aromatic carbocycles. The Morgan fingerprint density at radius 1 is 1.00 bits per heavy atom. The van der Waals surface area contributed by atoms with Gasteiger partial charge in [-0.2, -0.15) is 15.0 Å². The highest BCUT2D eigenvalue weighted by Crippen LogP contribution is 2.14. The molecular formula is C13H16N8. The van der Waals surface area contributed by atoms with Crippen LogP contribution in [0.2, 0.25) is 0 Å². The average molecular weight is 284 g/mol. The highest BCUT2D eigenvalue weighted by molar-refractivity contribution is 5.35. The first-order valence-electron chi connectivity index (χ1n) is 6.49. The highest BCUT2D eigenvalue weighted by Gasteiger charge is 2.13. The molecule has 0 bridgehead atoms. The van der Waals surface area contributed by atoms with Crippen LogP contribution in [0, 0.1) is 13.8 Å². The SMILES string of the molecule is Cc1ncn(-c2nc(N(C)C)nc(-n3ccnc3)n2)c1C. The van der Waals surface area contributed by atoms with Gasteiger partial charge in [-0.3, -0.25) is 9.13 Å². The highest BCUT2D eigenvalue weighted by atomic mass is 15.3. The molecule has 0 aliphatic rings. The molecule has 0 fully saturated rings. The Labute approximate surface area is 122 Å². The Bertz CT molecular complexity index is 757. The van der Waals surface area contributed by atoms with Crippen molar-refractivity contribution < 1.29 is 0 Å². The minimum absolute atomic E-state index is 0.520. The van der Waals surface area contributed by atoms with Gasteiger partial charge in [0.1, 0.15) is 12.7 Å². The van der Waals surface area contributed by atoms with E-state index in [0.29, 0.717) is 17.8 Å². The number of imidazole rings is 2. The molecule has 0 spiro atoms. The summed E-state index contributed by atoms with van der Waals surface area (Å²) < 4.78 is 3.60. The molecule has 3 heterocycles. The fourth-order valence-corrected chi connectivity index (χ4v) is 1.84. The van der Waals surface area contributed by atoms with Crippen LogP contribution >= 0.6 is 0 Å². The first-order valence-corrected chi connectivity index (χ1v) is 6.49. The van der Waals surface area contributed by atoms with Gasteiger partial charge < -0.3 is 4.90 Å². The number of aryl methyl sites for hydroxylation is 1. The van der Waals surface area contributed by atoms with Crippen LogP contribution in [0.3, 0.4) is 0 Å². The van der Waals surface area contributed by atoms with Crippen LogP contribution in [0.15, 0.2) is 25.0 Å². The largest absolute Gasteiger partial charge is 0.347 e. The summed E-state index contributed by atoms with van der Waals surface area (Å²) in [5.41, 5.74) is 1.95. The molecule has 0 aliphatic carbocycles. The van der Waals surface area contributed by atoms with E-state index in [9.17, 15) is 0 Å². The van der Waals surface area contributed by atoms with Gasteiger partial charge in [-0.25, -0.2) is 9.97 Å². The summed E-state index contributed by atoms with van der Waals surface area (Å²) in [5, 5.41) is 0.